The number of rotatable bonds is 7. The molecule has 10 nitrogen and oxygen atoms in total. The van der Waals surface area contributed by atoms with Crippen LogP contribution in [0.15, 0.2) is 28.7 Å². The zero-order valence-corrected chi connectivity index (χ0v) is 19.7. The molecule has 1 aliphatic heterocycles. The van der Waals surface area contributed by atoms with Crippen molar-refractivity contribution >= 4 is 39.8 Å². The van der Waals surface area contributed by atoms with Gasteiger partial charge in [-0.25, -0.2) is 9.67 Å². The smallest absolute Gasteiger partial charge is 0.180 e. The highest BCUT2D eigenvalue weighted by Crippen LogP contribution is 2.41. The van der Waals surface area contributed by atoms with Crippen molar-refractivity contribution in [2.24, 2.45) is 0 Å². The molecule has 0 spiro atoms. The second-order valence-corrected chi connectivity index (χ2v) is 9.60. The third-order valence-corrected chi connectivity index (χ3v) is 7.19. The summed E-state index contributed by atoms with van der Waals surface area (Å²) in [7, 11) is 0. The lowest BCUT2D eigenvalue weighted by Crippen LogP contribution is -2.55. The minimum absolute atomic E-state index is 0.371. The molecule has 3 aromatic heterocycles. The molecule has 3 aromatic rings. The molecule has 4 N–H and O–H groups in total. The second-order valence-electron chi connectivity index (χ2n) is 7.14. The first-order chi connectivity index (χ1) is 15.4. The number of pyridine rings is 1. The molecule has 0 bridgehead atoms. The molecule has 0 radical (unpaired) electrons. The lowest BCUT2D eigenvalue weighted by molar-refractivity contribution is -0.191. The summed E-state index contributed by atoms with van der Waals surface area (Å²) in [4.78, 5) is 9.34. The number of aromatic nitrogens is 5. The third-order valence-electron chi connectivity index (χ3n) is 5.03. The van der Waals surface area contributed by atoms with E-state index in [2.05, 4.69) is 20.3 Å². The van der Waals surface area contributed by atoms with Gasteiger partial charge in [0, 0.05) is 23.1 Å². The highest BCUT2D eigenvalue weighted by Gasteiger charge is 2.48. The number of hydrogen-bond acceptors (Lipinski definition) is 11. The molecule has 0 aliphatic carbocycles. The number of anilines is 1. The topological polar surface area (TPSA) is 141 Å². The van der Waals surface area contributed by atoms with Crippen molar-refractivity contribution in [3.05, 3.63) is 34.6 Å². The Morgan fingerprint density at radius 3 is 2.91 bits per heavy atom. The monoisotopic (exact) mass is 498 g/mol. The Labute approximate surface area is 197 Å². The molecule has 172 valence electrons. The third kappa shape index (κ3) is 4.76. The largest absolute Gasteiger partial charge is 0.394 e. The highest BCUT2D eigenvalue weighted by molar-refractivity contribution is 7.99. The van der Waals surface area contributed by atoms with Crippen LogP contribution in [-0.2, 0) is 9.47 Å². The van der Waals surface area contributed by atoms with Gasteiger partial charge in [-0.2, -0.15) is 0 Å². The highest BCUT2D eigenvalue weighted by atomic mass is 35.5. The number of hydrogen-bond donors (Lipinski definition) is 3. The van der Waals surface area contributed by atoms with E-state index >= 15 is 0 Å². The molecule has 0 saturated carbocycles. The number of nitrogens with two attached hydrogens (primary N) is 1. The number of aliphatic hydroxyl groups excluding tert-OH is 2. The molecule has 0 unspecified atom stereocenters. The summed E-state index contributed by atoms with van der Waals surface area (Å²) >= 11 is 8.81. The molecule has 13 heteroatoms. The Morgan fingerprint density at radius 2 is 2.22 bits per heavy atom. The van der Waals surface area contributed by atoms with Gasteiger partial charge in [-0.1, -0.05) is 28.6 Å². The predicted octanol–water partition coefficient (Wildman–Crippen LogP) is 2.16. The summed E-state index contributed by atoms with van der Waals surface area (Å²) in [6.45, 7) is 3.75. The van der Waals surface area contributed by atoms with E-state index in [0.717, 1.165) is 10.6 Å². The van der Waals surface area contributed by atoms with Crippen LogP contribution in [-0.4, -0.2) is 72.1 Å². The Balaban J connectivity index is 1.68. The fourth-order valence-corrected chi connectivity index (χ4v) is 5.53. The van der Waals surface area contributed by atoms with Crippen LogP contribution in [0.25, 0.3) is 11.4 Å². The average molecular weight is 499 g/mol. The van der Waals surface area contributed by atoms with Gasteiger partial charge >= 0.3 is 0 Å². The maximum atomic E-state index is 11.0. The molecular formula is C19H23ClN6O4S2. The quantitative estimate of drug-likeness (QED) is 0.443. The fraction of sp³-hybridized carbons (Fsp3) is 0.474. The Hall–Kier alpha value is -1.80. The van der Waals surface area contributed by atoms with Crippen molar-refractivity contribution in [2.45, 2.75) is 48.5 Å². The normalized spacial score (nSPS) is 25.8. The first-order valence-electron chi connectivity index (χ1n) is 9.89. The first kappa shape index (κ1) is 23.4. The van der Waals surface area contributed by atoms with Crippen LogP contribution in [0.3, 0.4) is 0 Å². The van der Waals surface area contributed by atoms with Gasteiger partial charge in [0.1, 0.15) is 41.2 Å². The standard InChI is InChI=1S/C19H23ClN6O4S2/c1-3-29-17-15(26-6-11(24-25-26)12-8-31-19(21)23-12)16(28)13(7-27)30-18(17)32-14-4-10(20)5-22-9(14)2/h4-6,8,13,15-18,27-28H,3,7H2,1-2H3,(H2,21,23)/t13-,15+,16+,17-,18-/m1/s1. The van der Waals surface area contributed by atoms with Crippen LogP contribution in [0.1, 0.15) is 18.7 Å². The predicted molar refractivity (Wildman–Crippen MR) is 122 cm³/mol. The summed E-state index contributed by atoms with van der Waals surface area (Å²) < 4.78 is 13.6. The summed E-state index contributed by atoms with van der Waals surface area (Å²) in [5.41, 5.74) is 7.06. The molecule has 4 heterocycles. The minimum atomic E-state index is -1.08. The van der Waals surface area contributed by atoms with E-state index in [1.807, 2.05) is 13.8 Å². The SMILES string of the molecule is CCO[C@@H]1[C@@H](n2cc(-c3csc(N)n3)nn2)[C@@H](O)[C@@H](CO)O[C@@H]1Sc1cc(Cl)cnc1C. The Bertz CT molecular complexity index is 1070. The van der Waals surface area contributed by atoms with Gasteiger partial charge in [0.2, 0.25) is 0 Å². The number of nitrogen functional groups attached to an aromatic ring is 1. The molecule has 4 rings (SSSR count). The van der Waals surface area contributed by atoms with Crippen molar-refractivity contribution in [3.63, 3.8) is 0 Å². The zero-order chi connectivity index (χ0) is 22.8. The maximum absolute atomic E-state index is 11.0. The Kier molecular flexibility index (Phi) is 7.30. The summed E-state index contributed by atoms with van der Waals surface area (Å²) in [6, 6.07) is 1.14. The van der Waals surface area contributed by atoms with E-state index in [-0.39, 0.29) is 6.61 Å². The molecule has 0 amide bonds. The number of ether oxygens (including phenoxy) is 2. The van der Waals surface area contributed by atoms with Gasteiger partial charge in [-0.3, -0.25) is 4.98 Å². The lowest BCUT2D eigenvalue weighted by atomic mass is 9.97. The van der Waals surface area contributed by atoms with Crippen LogP contribution in [0.4, 0.5) is 5.13 Å². The van der Waals surface area contributed by atoms with E-state index in [1.165, 1.54) is 27.8 Å². The molecular weight excluding hydrogens is 476 g/mol. The summed E-state index contributed by atoms with van der Waals surface area (Å²) in [5, 5.41) is 32.0. The van der Waals surface area contributed by atoms with Crippen LogP contribution < -0.4 is 5.73 Å². The number of thiazole rings is 1. The first-order valence-corrected chi connectivity index (χ1v) is 12.0. The van der Waals surface area contributed by atoms with Crippen LogP contribution in [0, 0.1) is 6.92 Å². The summed E-state index contributed by atoms with van der Waals surface area (Å²) in [6.07, 6.45) is 0.734. The number of nitrogens with zero attached hydrogens (tertiary/aromatic N) is 5. The van der Waals surface area contributed by atoms with Crippen molar-refractivity contribution in [1.29, 1.82) is 0 Å². The zero-order valence-electron chi connectivity index (χ0n) is 17.3. The van der Waals surface area contributed by atoms with E-state index in [1.54, 1.807) is 23.8 Å². The van der Waals surface area contributed by atoms with E-state index in [0.29, 0.717) is 28.1 Å². The lowest BCUT2D eigenvalue weighted by Gasteiger charge is -2.43. The van der Waals surface area contributed by atoms with Crippen LogP contribution in [0.2, 0.25) is 5.02 Å². The number of thioether (sulfide) groups is 1. The van der Waals surface area contributed by atoms with E-state index in [4.69, 9.17) is 26.8 Å². The van der Waals surface area contributed by atoms with E-state index in [9.17, 15) is 10.2 Å². The van der Waals surface area contributed by atoms with Gasteiger partial charge in [0.25, 0.3) is 0 Å². The van der Waals surface area contributed by atoms with Gasteiger partial charge in [0.05, 0.1) is 23.5 Å². The number of aliphatic hydroxyl groups is 2. The minimum Gasteiger partial charge on any atom is -0.394 e. The average Bonchev–Trinajstić information content (AvgIpc) is 3.42. The molecule has 1 aliphatic rings. The fourth-order valence-electron chi connectivity index (χ4n) is 3.51. The molecule has 32 heavy (non-hydrogen) atoms. The van der Waals surface area contributed by atoms with Crippen molar-refractivity contribution in [3.8, 4) is 11.4 Å². The molecule has 1 saturated heterocycles. The molecule has 5 atom stereocenters. The van der Waals surface area contributed by atoms with Crippen molar-refractivity contribution in [2.75, 3.05) is 18.9 Å². The van der Waals surface area contributed by atoms with Crippen molar-refractivity contribution < 1.29 is 19.7 Å². The second kappa shape index (κ2) is 10.00. The number of halogens is 1. The molecule has 0 aromatic carbocycles. The van der Waals surface area contributed by atoms with Gasteiger partial charge < -0.3 is 25.4 Å². The van der Waals surface area contributed by atoms with Gasteiger partial charge in [-0.15, -0.1) is 16.4 Å². The van der Waals surface area contributed by atoms with E-state index < -0.39 is 29.8 Å². The van der Waals surface area contributed by atoms with Crippen LogP contribution in [0.5, 0.6) is 0 Å². The van der Waals surface area contributed by atoms with Crippen molar-refractivity contribution in [1.82, 2.24) is 25.0 Å². The summed E-state index contributed by atoms with van der Waals surface area (Å²) in [5.74, 6) is 0. The number of aryl methyl sites for hydroxylation is 1. The van der Waals surface area contributed by atoms with Gasteiger partial charge in [0.15, 0.2) is 5.13 Å². The molecule has 1 fully saturated rings. The maximum Gasteiger partial charge on any atom is 0.180 e. The Morgan fingerprint density at radius 1 is 1.41 bits per heavy atom. The van der Waals surface area contributed by atoms with Crippen LogP contribution >= 0.6 is 34.7 Å². The van der Waals surface area contributed by atoms with Gasteiger partial charge in [-0.05, 0) is 19.9 Å².